The Labute approximate surface area is 253 Å². The maximum absolute atomic E-state index is 13.7. The van der Waals surface area contributed by atoms with Crippen LogP contribution >= 0.6 is 13.5 Å². The van der Waals surface area contributed by atoms with E-state index in [4.69, 9.17) is 10.7 Å². The molecule has 3 aromatic carbocycles. The van der Waals surface area contributed by atoms with E-state index in [1.807, 2.05) is 62.4 Å². The molecule has 0 fully saturated rings. The van der Waals surface area contributed by atoms with Crippen molar-refractivity contribution in [2.24, 2.45) is 5.73 Å². The first-order valence-corrected chi connectivity index (χ1v) is 14.1. The van der Waals surface area contributed by atoms with Crippen LogP contribution in [0.5, 0.6) is 0 Å². The third kappa shape index (κ3) is 7.27. The molecule has 0 saturated heterocycles. The lowest BCUT2D eigenvalue weighted by Crippen LogP contribution is -2.47. The highest BCUT2D eigenvalue weighted by Crippen LogP contribution is 2.33. The van der Waals surface area contributed by atoms with E-state index in [1.165, 1.54) is 12.1 Å². The van der Waals surface area contributed by atoms with Crippen molar-refractivity contribution in [2.75, 3.05) is 11.9 Å². The summed E-state index contributed by atoms with van der Waals surface area (Å²) >= 11 is 0. The first-order valence-electron chi connectivity index (χ1n) is 14.1. The predicted octanol–water partition coefficient (Wildman–Crippen LogP) is 5.68. The molecule has 220 valence electrons. The fourth-order valence-corrected chi connectivity index (χ4v) is 5.11. The van der Waals surface area contributed by atoms with Gasteiger partial charge in [-0.15, -0.1) is 0 Å². The minimum atomic E-state index is -0.675. The van der Waals surface area contributed by atoms with Crippen molar-refractivity contribution < 1.29 is 14.0 Å². The van der Waals surface area contributed by atoms with Gasteiger partial charge in [-0.05, 0) is 67.3 Å². The van der Waals surface area contributed by atoms with Gasteiger partial charge in [-0.2, -0.15) is 13.5 Å². The molecular weight excluding hydrogens is 549 g/mol. The quantitative estimate of drug-likeness (QED) is 0.249. The number of imidazole rings is 1. The van der Waals surface area contributed by atoms with Crippen molar-refractivity contribution >= 4 is 36.7 Å². The highest BCUT2D eigenvalue weighted by atomic mass is 32.1. The molecule has 0 aliphatic carbocycles. The van der Waals surface area contributed by atoms with Gasteiger partial charge in [-0.3, -0.25) is 9.59 Å². The fourth-order valence-electron chi connectivity index (χ4n) is 5.11. The van der Waals surface area contributed by atoms with E-state index in [2.05, 4.69) is 9.88 Å². The van der Waals surface area contributed by atoms with E-state index >= 15 is 0 Å². The van der Waals surface area contributed by atoms with Gasteiger partial charge in [0.2, 0.25) is 5.91 Å². The molecule has 7 nitrogen and oxygen atoms in total. The molecule has 0 bridgehead atoms. The van der Waals surface area contributed by atoms with Crippen molar-refractivity contribution in [3.8, 4) is 11.3 Å². The number of carbonyl (C=O) groups is 2. The van der Waals surface area contributed by atoms with Crippen LogP contribution in [0.1, 0.15) is 42.3 Å². The molecule has 1 aliphatic rings. The first-order chi connectivity index (χ1) is 19.8. The number of amides is 1. The van der Waals surface area contributed by atoms with Crippen LogP contribution in [0.25, 0.3) is 11.3 Å². The van der Waals surface area contributed by atoms with E-state index in [0.717, 1.165) is 46.0 Å². The van der Waals surface area contributed by atoms with Gasteiger partial charge in [-0.1, -0.05) is 48.9 Å². The van der Waals surface area contributed by atoms with Gasteiger partial charge < -0.3 is 20.5 Å². The maximum atomic E-state index is 13.7. The number of aromatic nitrogens is 2. The van der Waals surface area contributed by atoms with Crippen LogP contribution in [-0.2, 0) is 35.5 Å². The molecule has 9 heteroatoms. The number of carbonyl (C=O) groups excluding carboxylic acids is 2. The lowest BCUT2D eigenvalue weighted by molar-refractivity contribution is -0.134. The van der Waals surface area contributed by atoms with Crippen molar-refractivity contribution in [1.29, 1.82) is 0 Å². The Morgan fingerprint density at radius 3 is 2.31 bits per heavy atom. The van der Waals surface area contributed by atoms with Gasteiger partial charge in [0.25, 0.3) is 0 Å². The number of benzene rings is 3. The molecule has 4 aromatic rings. The first kappa shape index (κ1) is 31.0. The van der Waals surface area contributed by atoms with Crippen LogP contribution in [0, 0.1) is 12.7 Å². The van der Waals surface area contributed by atoms with Crippen LogP contribution in [0.15, 0.2) is 72.8 Å². The minimum absolute atomic E-state index is 0. The summed E-state index contributed by atoms with van der Waals surface area (Å²) in [5.74, 6) is 1.39. The van der Waals surface area contributed by atoms with E-state index in [9.17, 15) is 14.0 Å². The second-order valence-corrected chi connectivity index (χ2v) is 10.7. The van der Waals surface area contributed by atoms with Crippen molar-refractivity contribution in [2.45, 2.75) is 58.7 Å². The molecule has 1 aliphatic heterocycles. The largest absolute Gasteiger partial charge is 0.340 e. The number of anilines is 2. The number of nitrogens with one attached hydrogen (secondary N) is 1. The second-order valence-electron chi connectivity index (χ2n) is 10.7. The summed E-state index contributed by atoms with van der Waals surface area (Å²) in [4.78, 5) is 31.7. The number of hydrogen-bond acceptors (Lipinski definition) is 5. The summed E-state index contributed by atoms with van der Waals surface area (Å²) in [5, 5.41) is 3.50. The zero-order valence-electron chi connectivity index (χ0n) is 24.1. The van der Waals surface area contributed by atoms with E-state index in [-0.39, 0.29) is 31.0 Å². The number of aryl methyl sites for hydroxylation is 2. The smallest absolute Gasteiger partial charge is 0.240 e. The third-order valence-corrected chi connectivity index (χ3v) is 7.60. The molecule has 3 N–H and O–H groups in total. The van der Waals surface area contributed by atoms with Crippen molar-refractivity contribution in [3.05, 3.63) is 101 Å². The number of fused-ring (bicyclic) bond motifs is 1. The molecule has 42 heavy (non-hydrogen) atoms. The summed E-state index contributed by atoms with van der Waals surface area (Å²) in [6.07, 6.45) is 2.26. The number of hydrogen-bond donors (Lipinski definition) is 2. The average molecular weight is 588 g/mol. The molecule has 0 unspecified atom stereocenters. The molecule has 0 radical (unpaired) electrons. The SMILES string of the molecule is CCC(=O)CCc1ccc(C[C@H](N)C(=O)N2CCn3c(nc(-c4ccc(F)cc4)c3Nc3ccc(C)cc3)C2)cc1.S. The van der Waals surface area contributed by atoms with E-state index in [1.54, 1.807) is 17.0 Å². The molecule has 2 heterocycles. The van der Waals surface area contributed by atoms with Gasteiger partial charge in [0, 0.05) is 37.2 Å². The number of nitrogens with two attached hydrogens (primary N) is 1. The molecule has 5 rings (SSSR count). The zero-order chi connectivity index (χ0) is 28.9. The van der Waals surface area contributed by atoms with Gasteiger partial charge >= 0.3 is 0 Å². The van der Waals surface area contributed by atoms with Gasteiger partial charge in [0.1, 0.15) is 28.9 Å². The number of nitrogens with zero attached hydrogens (tertiary/aromatic N) is 3. The molecule has 0 saturated carbocycles. The average Bonchev–Trinajstić information content (AvgIpc) is 3.35. The van der Waals surface area contributed by atoms with Crippen molar-refractivity contribution in [1.82, 2.24) is 14.5 Å². The molecule has 1 atom stereocenters. The number of ketones is 1. The van der Waals surface area contributed by atoms with Crippen LogP contribution < -0.4 is 11.1 Å². The summed E-state index contributed by atoms with van der Waals surface area (Å²) in [5.41, 5.74) is 12.1. The normalized spacial score (nSPS) is 13.2. The summed E-state index contributed by atoms with van der Waals surface area (Å²) in [6.45, 7) is 5.32. The highest BCUT2D eigenvalue weighted by molar-refractivity contribution is 7.59. The molecular formula is C33H38FN5O2S. The molecule has 1 aromatic heterocycles. The fraction of sp³-hybridized carbons (Fsp3) is 0.303. The summed E-state index contributed by atoms with van der Waals surface area (Å²) < 4.78 is 15.8. The second kappa shape index (κ2) is 13.8. The maximum Gasteiger partial charge on any atom is 0.240 e. The van der Waals surface area contributed by atoms with Gasteiger partial charge in [-0.25, -0.2) is 9.37 Å². The van der Waals surface area contributed by atoms with Crippen LogP contribution in [-0.4, -0.2) is 38.7 Å². The van der Waals surface area contributed by atoms with Crippen LogP contribution in [0.3, 0.4) is 0 Å². The predicted molar refractivity (Wildman–Crippen MR) is 170 cm³/mol. The summed E-state index contributed by atoms with van der Waals surface area (Å²) in [6, 6.07) is 21.7. The third-order valence-electron chi connectivity index (χ3n) is 7.60. The Bertz CT molecular complexity index is 1520. The Kier molecular flexibility index (Phi) is 10.2. The summed E-state index contributed by atoms with van der Waals surface area (Å²) in [7, 11) is 0. The minimum Gasteiger partial charge on any atom is -0.340 e. The number of halogens is 1. The van der Waals surface area contributed by atoms with E-state index in [0.29, 0.717) is 44.6 Å². The van der Waals surface area contributed by atoms with Gasteiger partial charge in [0.05, 0.1) is 12.6 Å². The van der Waals surface area contributed by atoms with E-state index < -0.39 is 6.04 Å². The Morgan fingerprint density at radius 2 is 1.64 bits per heavy atom. The lowest BCUT2D eigenvalue weighted by atomic mass is 10.0. The Hall–Kier alpha value is -3.95. The van der Waals surface area contributed by atoms with Crippen molar-refractivity contribution in [3.63, 3.8) is 0 Å². The standard InChI is InChI=1S/C33H36FN5O2.H2S/c1-3-28(40)17-10-23-6-8-24(9-7-23)20-29(35)33(41)38-18-19-39-30(21-38)37-31(25-11-13-26(34)14-12-25)32(39)36-27-15-4-22(2)5-16-27;/h4-9,11-16,29,36H,3,10,17-21,35H2,1-2H3;1H2/t29-;/m0./s1. The van der Waals surface area contributed by atoms with Crippen LogP contribution in [0.2, 0.25) is 0 Å². The Balaban J connectivity index is 0.00000405. The Morgan fingerprint density at radius 1 is 0.976 bits per heavy atom. The lowest BCUT2D eigenvalue weighted by Gasteiger charge is -2.30. The zero-order valence-corrected chi connectivity index (χ0v) is 25.1. The molecule has 1 amide bonds. The van der Waals surface area contributed by atoms with Gasteiger partial charge in [0.15, 0.2) is 0 Å². The monoisotopic (exact) mass is 587 g/mol. The topological polar surface area (TPSA) is 93.3 Å². The molecule has 0 spiro atoms. The number of Topliss-reactive ketones (excluding diaryl/α,β-unsaturated/α-hetero) is 1. The highest BCUT2D eigenvalue weighted by Gasteiger charge is 2.29. The number of rotatable bonds is 10. The van der Waals surface area contributed by atoms with Crippen LogP contribution in [0.4, 0.5) is 15.9 Å².